The van der Waals surface area contributed by atoms with Crippen molar-refractivity contribution in [2.24, 2.45) is 0 Å². The van der Waals surface area contributed by atoms with Crippen LogP contribution in [-0.2, 0) is 0 Å². The summed E-state index contributed by atoms with van der Waals surface area (Å²) in [7, 11) is 0. The minimum absolute atomic E-state index is 0.128. The summed E-state index contributed by atoms with van der Waals surface area (Å²) in [5.74, 6) is 0. The quantitative estimate of drug-likeness (QED) is 0.322. The highest BCUT2D eigenvalue weighted by molar-refractivity contribution is 7.14. The molecule has 3 heterocycles. The summed E-state index contributed by atoms with van der Waals surface area (Å²) in [6, 6.07) is 13.1. The van der Waals surface area contributed by atoms with E-state index >= 15 is 0 Å². The van der Waals surface area contributed by atoms with Gasteiger partial charge >= 0.3 is 0 Å². The predicted molar refractivity (Wildman–Crippen MR) is 117 cm³/mol. The van der Waals surface area contributed by atoms with Gasteiger partial charge < -0.3 is 15.3 Å². The van der Waals surface area contributed by atoms with Crippen LogP contribution in [0.1, 0.15) is 0 Å². The Labute approximate surface area is 173 Å². The number of nitrogens with one attached hydrogen (secondary N) is 3. The molecular formula is C20H12Cl2N4OS. The number of H-pyrrole nitrogens is 2. The number of aromatic nitrogens is 3. The molecule has 0 radical (unpaired) electrons. The summed E-state index contributed by atoms with van der Waals surface area (Å²) in [5, 5.41) is 8.77. The fourth-order valence-electron chi connectivity index (χ4n) is 3.19. The van der Waals surface area contributed by atoms with Gasteiger partial charge in [0, 0.05) is 33.4 Å². The Morgan fingerprint density at radius 1 is 1.04 bits per heavy atom. The summed E-state index contributed by atoms with van der Waals surface area (Å²) in [5.41, 5.74) is 3.65. The third kappa shape index (κ3) is 2.86. The second-order valence-corrected chi connectivity index (χ2v) is 7.91. The summed E-state index contributed by atoms with van der Waals surface area (Å²) < 4.78 is 0. The van der Waals surface area contributed by atoms with E-state index in [1.165, 1.54) is 11.3 Å². The number of aromatic amines is 2. The van der Waals surface area contributed by atoms with Crippen LogP contribution < -0.4 is 10.9 Å². The Morgan fingerprint density at radius 2 is 1.86 bits per heavy atom. The van der Waals surface area contributed by atoms with Gasteiger partial charge in [-0.15, -0.1) is 11.3 Å². The number of para-hydroxylation sites is 1. The SMILES string of the molecule is O=c1[nH]c2ccc(-c3csc(Nc4c(Cl)cccc4Cl)n3)cc2c2cc[nH]c12. The van der Waals surface area contributed by atoms with Crippen molar-refractivity contribution in [1.29, 1.82) is 0 Å². The third-order valence-electron chi connectivity index (χ3n) is 4.53. The smallest absolute Gasteiger partial charge is 0.272 e. The lowest BCUT2D eigenvalue weighted by atomic mass is 10.1. The molecule has 0 aliphatic rings. The van der Waals surface area contributed by atoms with Crippen LogP contribution in [0.25, 0.3) is 33.1 Å². The third-order valence-corrected chi connectivity index (χ3v) is 5.91. The van der Waals surface area contributed by atoms with Gasteiger partial charge in [0.05, 0.1) is 21.4 Å². The van der Waals surface area contributed by atoms with Crippen molar-refractivity contribution in [2.45, 2.75) is 0 Å². The number of benzene rings is 2. The molecular weight excluding hydrogens is 415 g/mol. The molecule has 0 aliphatic carbocycles. The van der Waals surface area contributed by atoms with Crippen molar-refractivity contribution in [3.63, 3.8) is 0 Å². The molecule has 0 saturated carbocycles. The van der Waals surface area contributed by atoms with E-state index in [9.17, 15) is 4.79 Å². The van der Waals surface area contributed by atoms with Crippen molar-refractivity contribution in [1.82, 2.24) is 15.0 Å². The van der Waals surface area contributed by atoms with E-state index in [1.807, 2.05) is 29.6 Å². The Hall–Kier alpha value is -2.80. The molecule has 0 bridgehead atoms. The normalized spacial score (nSPS) is 11.4. The van der Waals surface area contributed by atoms with E-state index in [4.69, 9.17) is 23.2 Å². The molecule has 0 amide bonds. The van der Waals surface area contributed by atoms with Gasteiger partial charge in [-0.1, -0.05) is 35.3 Å². The first-order valence-electron chi connectivity index (χ1n) is 8.40. The van der Waals surface area contributed by atoms with Crippen LogP contribution in [0.3, 0.4) is 0 Å². The van der Waals surface area contributed by atoms with Crippen molar-refractivity contribution in [3.05, 3.63) is 74.4 Å². The maximum atomic E-state index is 12.1. The second kappa shape index (κ2) is 6.67. The summed E-state index contributed by atoms with van der Waals surface area (Å²) in [6.45, 7) is 0. The first-order valence-corrected chi connectivity index (χ1v) is 10.0. The molecule has 0 spiro atoms. The van der Waals surface area contributed by atoms with Crippen molar-refractivity contribution in [3.8, 4) is 11.3 Å². The van der Waals surface area contributed by atoms with Gasteiger partial charge in [-0.25, -0.2) is 4.98 Å². The zero-order valence-corrected chi connectivity index (χ0v) is 16.5. The number of nitrogens with zero attached hydrogens (tertiary/aromatic N) is 1. The van der Waals surface area contributed by atoms with Gasteiger partial charge in [0.2, 0.25) is 0 Å². The average molecular weight is 427 g/mol. The van der Waals surface area contributed by atoms with Gasteiger partial charge in [0.25, 0.3) is 5.56 Å². The molecule has 0 unspecified atom stereocenters. The molecule has 0 atom stereocenters. The highest BCUT2D eigenvalue weighted by Crippen LogP contribution is 2.35. The summed E-state index contributed by atoms with van der Waals surface area (Å²) >= 11 is 13.9. The van der Waals surface area contributed by atoms with Crippen LogP contribution in [0, 0.1) is 0 Å². The Balaban J connectivity index is 1.56. The molecule has 5 nitrogen and oxygen atoms in total. The molecule has 2 aromatic carbocycles. The molecule has 5 aromatic rings. The first kappa shape index (κ1) is 17.3. The number of hydrogen-bond donors (Lipinski definition) is 3. The number of fused-ring (bicyclic) bond motifs is 3. The summed E-state index contributed by atoms with van der Waals surface area (Å²) in [4.78, 5) is 22.7. The molecule has 138 valence electrons. The van der Waals surface area contributed by atoms with E-state index in [1.54, 1.807) is 24.4 Å². The highest BCUT2D eigenvalue weighted by Gasteiger charge is 2.12. The fraction of sp³-hybridized carbons (Fsp3) is 0. The van der Waals surface area contributed by atoms with Gasteiger partial charge in [-0.05, 0) is 30.3 Å². The van der Waals surface area contributed by atoms with E-state index in [0.29, 0.717) is 26.4 Å². The van der Waals surface area contributed by atoms with Crippen LogP contribution in [0.5, 0.6) is 0 Å². The molecule has 5 rings (SSSR count). The minimum atomic E-state index is -0.128. The second-order valence-electron chi connectivity index (χ2n) is 6.24. The lowest BCUT2D eigenvalue weighted by Crippen LogP contribution is -2.05. The van der Waals surface area contributed by atoms with E-state index in [0.717, 1.165) is 27.5 Å². The van der Waals surface area contributed by atoms with Crippen LogP contribution in [0.2, 0.25) is 10.0 Å². The lowest BCUT2D eigenvalue weighted by Gasteiger charge is -2.07. The van der Waals surface area contributed by atoms with Gasteiger partial charge in [-0.3, -0.25) is 4.79 Å². The molecule has 8 heteroatoms. The average Bonchev–Trinajstić information content (AvgIpc) is 3.35. The lowest BCUT2D eigenvalue weighted by molar-refractivity contribution is 1.31. The maximum absolute atomic E-state index is 12.1. The van der Waals surface area contributed by atoms with E-state index < -0.39 is 0 Å². The topological polar surface area (TPSA) is 73.6 Å². The fourth-order valence-corrected chi connectivity index (χ4v) is 4.41. The number of anilines is 2. The van der Waals surface area contributed by atoms with Gasteiger partial charge in [-0.2, -0.15) is 0 Å². The van der Waals surface area contributed by atoms with Gasteiger partial charge in [0.1, 0.15) is 5.52 Å². The van der Waals surface area contributed by atoms with Crippen LogP contribution >= 0.6 is 34.5 Å². The molecule has 0 saturated heterocycles. The van der Waals surface area contributed by atoms with E-state index in [-0.39, 0.29) is 5.56 Å². The number of thiazole rings is 1. The molecule has 28 heavy (non-hydrogen) atoms. The van der Waals surface area contributed by atoms with Crippen LogP contribution in [0.4, 0.5) is 10.8 Å². The van der Waals surface area contributed by atoms with Crippen LogP contribution in [-0.4, -0.2) is 15.0 Å². The number of halogens is 2. The number of rotatable bonds is 3. The Bertz CT molecular complexity index is 1380. The molecule has 0 fully saturated rings. The molecule has 3 aromatic heterocycles. The predicted octanol–water partition coefficient (Wildman–Crippen LogP) is 6.18. The van der Waals surface area contributed by atoms with Gasteiger partial charge in [0.15, 0.2) is 5.13 Å². The number of hydrogen-bond acceptors (Lipinski definition) is 4. The van der Waals surface area contributed by atoms with Crippen molar-refractivity contribution in [2.75, 3.05) is 5.32 Å². The van der Waals surface area contributed by atoms with Crippen LogP contribution in [0.15, 0.2) is 58.8 Å². The Morgan fingerprint density at radius 3 is 2.68 bits per heavy atom. The maximum Gasteiger partial charge on any atom is 0.272 e. The zero-order chi connectivity index (χ0) is 19.3. The van der Waals surface area contributed by atoms with Crippen molar-refractivity contribution < 1.29 is 0 Å². The number of pyridine rings is 1. The monoisotopic (exact) mass is 426 g/mol. The highest BCUT2D eigenvalue weighted by atomic mass is 35.5. The molecule has 0 aliphatic heterocycles. The largest absolute Gasteiger partial charge is 0.357 e. The first-order chi connectivity index (χ1) is 13.6. The van der Waals surface area contributed by atoms with E-state index in [2.05, 4.69) is 20.3 Å². The molecule has 3 N–H and O–H groups in total. The summed E-state index contributed by atoms with van der Waals surface area (Å²) in [6.07, 6.45) is 1.77. The zero-order valence-electron chi connectivity index (χ0n) is 14.2. The minimum Gasteiger partial charge on any atom is -0.357 e. The Kier molecular flexibility index (Phi) is 4.12. The van der Waals surface area contributed by atoms with Crippen molar-refractivity contribution >= 4 is 67.2 Å². The standard InChI is InChI=1S/C20H12Cl2N4OS/c21-13-2-1-3-14(22)18(13)26-20-25-16(9-28-20)10-4-5-15-12(8-10)11-6-7-23-17(11)19(27)24-15/h1-9,23H,(H,24,27)(H,25,26).